The molecule has 0 aromatic carbocycles. The second kappa shape index (κ2) is 3.06. The highest BCUT2D eigenvalue weighted by atomic mass is 35.5. The zero-order valence-corrected chi connectivity index (χ0v) is 8.54. The summed E-state index contributed by atoms with van der Waals surface area (Å²) in [5, 5.41) is 3.50. The van der Waals surface area contributed by atoms with Crippen molar-refractivity contribution in [3.63, 3.8) is 0 Å². The van der Waals surface area contributed by atoms with Gasteiger partial charge in [-0.05, 0) is 30.7 Å². The van der Waals surface area contributed by atoms with Crippen molar-refractivity contribution < 1.29 is 0 Å². The van der Waals surface area contributed by atoms with Gasteiger partial charge in [-0.3, -0.25) is 4.40 Å². The molecule has 5 heteroatoms. The quantitative estimate of drug-likeness (QED) is 0.678. The molecular formula is C9H8ClN3O. The monoisotopic (exact) mass is 209 g/mol. The molecule has 0 aliphatic heterocycles. The lowest BCUT2D eigenvalue weighted by Crippen LogP contribution is -1.87. The largest absolute Gasteiger partial charge is 0.280 e. The molecule has 4 nitrogen and oxygen atoms in total. The maximum absolute atomic E-state index is 10.6. The van der Waals surface area contributed by atoms with Gasteiger partial charge in [0.2, 0.25) is 5.82 Å². The molecule has 2 aromatic rings. The molecule has 0 fully saturated rings. The summed E-state index contributed by atoms with van der Waals surface area (Å²) in [6.07, 6.45) is 1.64. The minimum Gasteiger partial charge on any atom is -0.280 e. The van der Waals surface area contributed by atoms with Crippen molar-refractivity contribution in [3.05, 3.63) is 33.5 Å². The Bertz CT molecular complexity index is 518. The van der Waals surface area contributed by atoms with Crippen molar-refractivity contribution in [2.75, 3.05) is 0 Å². The first-order chi connectivity index (χ1) is 6.63. The van der Waals surface area contributed by atoms with Gasteiger partial charge in [0, 0.05) is 6.20 Å². The Morgan fingerprint density at radius 2 is 2.21 bits per heavy atom. The van der Waals surface area contributed by atoms with E-state index in [1.54, 1.807) is 23.6 Å². The summed E-state index contributed by atoms with van der Waals surface area (Å²) in [5.74, 6) is 0.311. The predicted octanol–water partition coefficient (Wildman–Crippen LogP) is 3.00. The first-order valence-electron chi connectivity index (χ1n) is 4.11. The third-order valence-corrected chi connectivity index (χ3v) is 2.31. The molecule has 72 valence electrons. The molecule has 0 aliphatic carbocycles. The first kappa shape index (κ1) is 9.15. The van der Waals surface area contributed by atoms with Gasteiger partial charge >= 0.3 is 0 Å². The van der Waals surface area contributed by atoms with Crippen LogP contribution in [0.1, 0.15) is 11.3 Å². The number of fused-ring (bicyclic) bond motifs is 1. The Hall–Kier alpha value is -1.42. The first-order valence-corrected chi connectivity index (χ1v) is 4.49. The minimum atomic E-state index is 0.311. The van der Waals surface area contributed by atoms with E-state index in [2.05, 4.69) is 10.2 Å². The van der Waals surface area contributed by atoms with Crippen molar-refractivity contribution in [1.82, 2.24) is 9.38 Å². The third kappa shape index (κ3) is 1.19. The van der Waals surface area contributed by atoms with Crippen LogP contribution in [-0.2, 0) is 0 Å². The zero-order valence-electron chi connectivity index (χ0n) is 7.78. The Balaban J connectivity index is 2.94. The molecule has 0 bridgehead atoms. The normalized spacial score (nSPS) is 10.8. The second-order valence-corrected chi connectivity index (χ2v) is 3.58. The SMILES string of the molecule is Cc1nc2c(C)cc(Cl)cn2c1N=O. The Kier molecular flexibility index (Phi) is 2.00. The second-order valence-electron chi connectivity index (χ2n) is 3.15. The highest BCUT2D eigenvalue weighted by Gasteiger charge is 2.11. The smallest absolute Gasteiger partial charge is 0.204 e. The lowest BCUT2D eigenvalue weighted by Gasteiger charge is -1.98. The van der Waals surface area contributed by atoms with E-state index in [-0.39, 0.29) is 0 Å². The molecule has 0 atom stereocenters. The Morgan fingerprint density at radius 3 is 2.86 bits per heavy atom. The van der Waals surface area contributed by atoms with Crippen LogP contribution in [0.4, 0.5) is 5.82 Å². The summed E-state index contributed by atoms with van der Waals surface area (Å²) in [6, 6.07) is 1.80. The number of halogens is 1. The fourth-order valence-electron chi connectivity index (χ4n) is 1.48. The summed E-state index contributed by atoms with van der Waals surface area (Å²) < 4.78 is 1.61. The average molecular weight is 210 g/mol. The number of pyridine rings is 1. The maximum atomic E-state index is 10.6. The summed E-state index contributed by atoms with van der Waals surface area (Å²) in [7, 11) is 0. The lowest BCUT2D eigenvalue weighted by molar-refractivity contribution is 1.14. The van der Waals surface area contributed by atoms with Gasteiger partial charge in [0.25, 0.3) is 0 Å². The van der Waals surface area contributed by atoms with Crippen molar-refractivity contribution in [2.24, 2.45) is 5.18 Å². The van der Waals surface area contributed by atoms with E-state index in [0.717, 1.165) is 11.2 Å². The highest BCUT2D eigenvalue weighted by molar-refractivity contribution is 6.30. The van der Waals surface area contributed by atoms with E-state index in [4.69, 9.17) is 11.6 Å². The molecular weight excluding hydrogens is 202 g/mol. The summed E-state index contributed by atoms with van der Waals surface area (Å²) in [4.78, 5) is 14.8. The molecule has 0 aliphatic rings. The van der Waals surface area contributed by atoms with Gasteiger partial charge < -0.3 is 0 Å². The molecule has 0 radical (unpaired) electrons. The summed E-state index contributed by atoms with van der Waals surface area (Å²) >= 11 is 5.87. The van der Waals surface area contributed by atoms with Crippen LogP contribution in [0, 0.1) is 18.8 Å². The molecule has 2 heterocycles. The van der Waals surface area contributed by atoms with E-state index in [9.17, 15) is 4.91 Å². The van der Waals surface area contributed by atoms with Crippen LogP contribution in [0.15, 0.2) is 17.4 Å². The van der Waals surface area contributed by atoms with Crippen LogP contribution in [-0.4, -0.2) is 9.38 Å². The topological polar surface area (TPSA) is 46.7 Å². The number of rotatable bonds is 1. The van der Waals surface area contributed by atoms with Crippen molar-refractivity contribution in [2.45, 2.75) is 13.8 Å². The molecule has 14 heavy (non-hydrogen) atoms. The zero-order chi connectivity index (χ0) is 10.3. The van der Waals surface area contributed by atoms with Gasteiger partial charge in [-0.1, -0.05) is 11.6 Å². The summed E-state index contributed by atoms with van der Waals surface area (Å²) in [6.45, 7) is 3.64. The number of imidazole rings is 1. The number of aromatic nitrogens is 2. The number of nitroso groups, excluding NO2 is 1. The highest BCUT2D eigenvalue weighted by Crippen LogP contribution is 2.24. The molecule has 0 saturated carbocycles. The minimum absolute atomic E-state index is 0.311. The van der Waals surface area contributed by atoms with Crippen molar-refractivity contribution >= 4 is 23.1 Å². The van der Waals surface area contributed by atoms with Crippen LogP contribution in [0.25, 0.3) is 5.65 Å². The number of hydrogen-bond acceptors (Lipinski definition) is 3. The fraction of sp³-hybridized carbons (Fsp3) is 0.222. The van der Waals surface area contributed by atoms with E-state index in [0.29, 0.717) is 16.5 Å². The van der Waals surface area contributed by atoms with Crippen LogP contribution < -0.4 is 0 Å². The van der Waals surface area contributed by atoms with Crippen LogP contribution >= 0.6 is 11.6 Å². The van der Waals surface area contributed by atoms with Crippen LogP contribution in [0.3, 0.4) is 0 Å². The summed E-state index contributed by atoms with van der Waals surface area (Å²) in [5.41, 5.74) is 2.27. The maximum Gasteiger partial charge on any atom is 0.204 e. The number of nitrogens with zero attached hydrogens (tertiary/aromatic N) is 3. The van der Waals surface area contributed by atoms with Crippen molar-refractivity contribution in [1.29, 1.82) is 0 Å². The third-order valence-electron chi connectivity index (χ3n) is 2.10. The van der Waals surface area contributed by atoms with E-state index in [1.807, 2.05) is 6.92 Å². The number of aryl methyl sites for hydroxylation is 2. The van der Waals surface area contributed by atoms with Gasteiger partial charge in [-0.25, -0.2) is 4.98 Å². The van der Waals surface area contributed by atoms with E-state index >= 15 is 0 Å². The number of hydrogen-bond donors (Lipinski definition) is 0. The molecule has 2 rings (SSSR count). The molecule has 0 spiro atoms. The molecule has 2 aromatic heterocycles. The van der Waals surface area contributed by atoms with Crippen LogP contribution in [0.5, 0.6) is 0 Å². The average Bonchev–Trinajstić information content (AvgIpc) is 2.41. The predicted molar refractivity (Wildman–Crippen MR) is 55.1 cm³/mol. The van der Waals surface area contributed by atoms with Gasteiger partial charge in [0.1, 0.15) is 5.65 Å². The van der Waals surface area contributed by atoms with Gasteiger partial charge in [0.15, 0.2) is 0 Å². The van der Waals surface area contributed by atoms with Crippen molar-refractivity contribution in [3.8, 4) is 0 Å². The van der Waals surface area contributed by atoms with Gasteiger partial charge in [-0.15, -0.1) is 4.91 Å². The van der Waals surface area contributed by atoms with E-state index < -0.39 is 0 Å². The molecule has 0 amide bonds. The standard InChI is InChI=1S/C9H8ClN3O/c1-5-3-7(10)4-13-8(5)11-6(2)9(13)12-14/h3-4H,1-2H3. The van der Waals surface area contributed by atoms with Crippen LogP contribution in [0.2, 0.25) is 5.02 Å². The molecule has 0 unspecified atom stereocenters. The van der Waals surface area contributed by atoms with Gasteiger partial charge in [0.05, 0.1) is 10.7 Å². The Labute approximate surface area is 85.5 Å². The Morgan fingerprint density at radius 1 is 1.50 bits per heavy atom. The fourth-order valence-corrected chi connectivity index (χ4v) is 1.74. The van der Waals surface area contributed by atoms with E-state index in [1.165, 1.54) is 0 Å². The molecule has 0 saturated heterocycles. The molecule has 0 N–H and O–H groups in total. The van der Waals surface area contributed by atoms with Gasteiger partial charge in [-0.2, -0.15) is 0 Å². The lowest BCUT2D eigenvalue weighted by atomic mass is 10.3.